The highest BCUT2D eigenvalue weighted by atomic mass is 19.4. The molecule has 1 atom stereocenters. The molecule has 0 saturated carbocycles. The third-order valence-corrected chi connectivity index (χ3v) is 2.51. The van der Waals surface area contributed by atoms with Crippen molar-refractivity contribution >= 4 is 0 Å². The second-order valence-corrected chi connectivity index (χ2v) is 3.67. The molecule has 0 aromatic heterocycles. The molecule has 1 nitrogen and oxygen atoms in total. The Morgan fingerprint density at radius 3 is 1.87 bits per heavy atom. The maximum Gasteiger partial charge on any atom is 0.400 e. The van der Waals surface area contributed by atoms with Crippen LogP contribution in [0.1, 0.15) is 12.8 Å². The largest absolute Gasteiger partial charge is 0.400 e. The summed E-state index contributed by atoms with van der Waals surface area (Å²) in [6.07, 6.45) is -10.1. The van der Waals surface area contributed by atoms with Crippen molar-refractivity contribution in [3.8, 4) is 0 Å². The average Bonchev–Trinajstić information content (AvgIpc) is 2.00. The molecule has 0 spiro atoms. The summed E-state index contributed by atoms with van der Waals surface area (Å²) in [5, 5.41) is 2.56. The summed E-state index contributed by atoms with van der Waals surface area (Å²) in [4.78, 5) is 0. The minimum atomic E-state index is -5.21. The van der Waals surface area contributed by atoms with Crippen molar-refractivity contribution < 1.29 is 26.3 Å². The lowest BCUT2D eigenvalue weighted by molar-refractivity contribution is -0.299. The van der Waals surface area contributed by atoms with Crippen molar-refractivity contribution in [1.82, 2.24) is 5.32 Å². The molecule has 1 aliphatic rings. The predicted molar refractivity (Wildman–Crippen MR) is 41.2 cm³/mol. The van der Waals surface area contributed by atoms with E-state index in [9.17, 15) is 26.3 Å². The molecular weight excluding hydrogens is 224 g/mol. The van der Waals surface area contributed by atoms with Crippen LogP contribution in [0.15, 0.2) is 0 Å². The third kappa shape index (κ3) is 3.25. The highest BCUT2D eigenvalue weighted by Gasteiger charge is 2.59. The minimum Gasteiger partial charge on any atom is -0.316 e. The normalized spacial score (nSPS) is 24.6. The Balaban J connectivity index is 2.80. The van der Waals surface area contributed by atoms with Gasteiger partial charge in [0.1, 0.15) is 0 Å². The molecule has 0 aliphatic carbocycles. The van der Waals surface area contributed by atoms with Crippen molar-refractivity contribution in [2.24, 2.45) is 11.8 Å². The Hall–Kier alpha value is -0.460. The highest BCUT2D eigenvalue weighted by Crippen LogP contribution is 2.45. The highest BCUT2D eigenvalue weighted by molar-refractivity contribution is 4.85. The lowest BCUT2D eigenvalue weighted by atomic mass is 9.85. The van der Waals surface area contributed by atoms with Gasteiger partial charge in [0, 0.05) is 0 Å². The van der Waals surface area contributed by atoms with Gasteiger partial charge in [-0.25, -0.2) is 0 Å². The van der Waals surface area contributed by atoms with E-state index in [1.54, 1.807) is 0 Å². The number of hydrogen-bond acceptors (Lipinski definition) is 1. The fourth-order valence-corrected chi connectivity index (χ4v) is 1.88. The zero-order chi connectivity index (χ0) is 11.7. The summed E-state index contributed by atoms with van der Waals surface area (Å²) in [6, 6.07) is 0. The van der Waals surface area contributed by atoms with Gasteiger partial charge < -0.3 is 5.32 Å². The van der Waals surface area contributed by atoms with Gasteiger partial charge in [-0.2, -0.15) is 26.3 Å². The van der Waals surface area contributed by atoms with Gasteiger partial charge in [0.05, 0.1) is 0 Å². The van der Waals surface area contributed by atoms with Gasteiger partial charge >= 0.3 is 12.4 Å². The second kappa shape index (κ2) is 4.19. The molecule has 1 rings (SSSR count). The Bertz CT molecular complexity index is 188. The molecule has 0 radical (unpaired) electrons. The van der Waals surface area contributed by atoms with Crippen molar-refractivity contribution in [3.05, 3.63) is 0 Å². The van der Waals surface area contributed by atoms with Gasteiger partial charge in [0.2, 0.25) is 0 Å². The molecular formula is C8H11F6N. The fourth-order valence-electron chi connectivity index (χ4n) is 1.88. The van der Waals surface area contributed by atoms with Crippen LogP contribution in [0.2, 0.25) is 0 Å². The van der Waals surface area contributed by atoms with E-state index in [2.05, 4.69) is 5.32 Å². The molecule has 1 N–H and O–H groups in total. The summed E-state index contributed by atoms with van der Waals surface area (Å²) < 4.78 is 73.5. The van der Waals surface area contributed by atoms with E-state index in [1.807, 2.05) is 0 Å². The van der Waals surface area contributed by atoms with E-state index in [1.165, 1.54) is 0 Å². The Morgan fingerprint density at radius 1 is 1.00 bits per heavy atom. The number of hydrogen-bond donors (Lipinski definition) is 1. The van der Waals surface area contributed by atoms with Crippen LogP contribution in [-0.4, -0.2) is 25.4 Å². The maximum atomic E-state index is 12.3. The smallest absolute Gasteiger partial charge is 0.316 e. The van der Waals surface area contributed by atoms with Crippen LogP contribution in [0.3, 0.4) is 0 Å². The first kappa shape index (κ1) is 12.6. The quantitative estimate of drug-likeness (QED) is 0.689. The first-order valence-corrected chi connectivity index (χ1v) is 4.57. The van der Waals surface area contributed by atoms with E-state index in [0.717, 1.165) is 0 Å². The van der Waals surface area contributed by atoms with Crippen molar-refractivity contribution in [2.45, 2.75) is 25.2 Å². The van der Waals surface area contributed by atoms with Gasteiger partial charge in [-0.1, -0.05) is 0 Å². The summed E-state index contributed by atoms with van der Waals surface area (Å²) in [6.45, 7) is 0.266. The van der Waals surface area contributed by atoms with Crippen LogP contribution in [-0.2, 0) is 0 Å². The van der Waals surface area contributed by atoms with E-state index >= 15 is 0 Å². The number of halogens is 6. The van der Waals surface area contributed by atoms with Crippen LogP contribution < -0.4 is 5.32 Å². The lowest BCUT2D eigenvalue weighted by Crippen LogP contribution is -2.47. The average molecular weight is 235 g/mol. The Labute approximate surface area is 82.8 Å². The van der Waals surface area contributed by atoms with E-state index in [0.29, 0.717) is 13.0 Å². The molecule has 1 heterocycles. The molecule has 0 aromatic rings. The SMILES string of the molecule is FC(F)(F)C(C1CCCNC1)C(F)(F)F. The van der Waals surface area contributed by atoms with Crippen LogP contribution in [0.4, 0.5) is 26.3 Å². The van der Waals surface area contributed by atoms with Crippen LogP contribution in [0.5, 0.6) is 0 Å². The summed E-state index contributed by atoms with van der Waals surface area (Å²) in [7, 11) is 0. The first-order chi connectivity index (χ1) is 6.73. The zero-order valence-corrected chi connectivity index (χ0v) is 7.75. The van der Waals surface area contributed by atoms with E-state index in [4.69, 9.17) is 0 Å². The predicted octanol–water partition coefficient (Wildman–Crippen LogP) is 2.73. The number of alkyl halides is 6. The summed E-state index contributed by atoms with van der Waals surface area (Å²) in [5.41, 5.74) is 0. The van der Waals surface area contributed by atoms with Crippen LogP contribution in [0, 0.1) is 11.8 Å². The summed E-state index contributed by atoms with van der Waals surface area (Å²) >= 11 is 0. The first-order valence-electron chi connectivity index (χ1n) is 4.57. The zero-order valence-electron chi connectivity index (χ0n) is 7.75. The molecule has 1 fully saturated rings. The molecule has 90 valence electrons. The van der Waals surface area contributed by atoms with Gasteiger partial charge in [-0.15, -0.1) is 0 Å². The minimum absolute atomic E-state index is 0.0311. The molecule has 1 unspecified atom stereocenters. The van der Waals surface area contributed by atoms with E-state index in [-0.39, 0.29) is 13.0 Å². The number of nitrogens with one attached hydrogen (secondary N) is 1. The molecule has 0 bridgehead atoms. The second-order valence-electron chi connectivity index (χ2n) is 3.67. The van der Waals surface area contributed by atoms with Crippen molar-refractivity contribution in [1.29, 1.82) is 0 Å². The molecule has 1 aliphatic heterocycles. The maximum absolute atomic E-state index is 12.3. The van der Waals surface area contributed by atoms with Gasteiger partial charge in [-0.3, -0.25) is 0 Å². The molecule has 1 saturated heterocycles. The topological polar surface area (TPSA) is 12.0 Å². The molecule has 15 heavy (non-hydrogen) atoms. The lowest BCUT2D eigenvalue weighted by Gasteiger charge is -2.33. The Kier molecular flexibility index (Phi) is 3.52. The van der Waals surface area contributed by atoms with Gasteiger partial charge in [0.15, 0.2) is 5.92 Å². The number of piperidine rings is 1. The molecule has 0 aromatic carbocycles. The summed E-state index contributed by atoms with van der Waals surface area (Å²) in [5.74, 6) is -4.59. The van der Waals surface area contributed by atoms with E-state index < -0.39 is 24.2 Å². The number of rotatable bonds is 1. The van der Waals surface area contributed by atoms with Gasteiger partial charge in [-0.05, 0) is 31.8 Å². The third-order valence-electron chi connectivity index (χ3n) is 2.51. The van der Waals surface area contributed by atoms with Crippen molar-refractivity contribution in [3.63, 3.8) is 0 Å². The molecule has 7 heteroatoms. The fraction of sp³-hybridized carbons (Fsp3) is 1.00. The van der Waals surface area contributed by atoms with Crippen LogP contribution >= 0.6 is 0 Å². The Morgan fingerprint density at radius 2 is 1.53 bits per heavy atom. The monoisotopic (exact) mass is 235 g/mol. The van der Waals surface area contributed by atoms with Crippen molar-refractivity contribution in [2.75, 3.05) is 13.1 Å². The van der Waals surface area contributed by atoms with Crippen LogP contribution in [0.25, 0.3) is 0 Å². The van der Waals surface area contributed by atoms with Gasteiger partial charge in [0.25, 0.3) is 0 Å². The molecule has 0 amide bonds. The standard InChI is InChI=1S/C8H11F6N/c9-7(10,11)6(8(12,13)14)5-2-1-3-15-4-5/h5-6,15H,1-4H2.